The molecule has 4 rings (SSSR count). The number of carbonyl (C=O) groups excluding carboxylic acids is 2. The molecule has 1 unspecified atom stereocenters. The average molecular weight is 421 g/mol. The van der Waals surface area contributed by atoms with Gasteiger partial charge in [-0.15, -0.1) is 0 Å². The van der Waals surface area contributed by atoms with E-state index < -0.39 is 22.6 Å². The molecule has 7 nitrogen and oxygen atoms in total. The zero-order valence-corrected chi connectivity index (χ0v) is 16.8. The number of nitrogens with zero attached hydrogens (tertiary/aromatic N) is 1. The van der Waals surface area contributed by atoms with Crippen LogP contribution in [0, 0.1) is 15.9 Å². The third kappa shape index (κ3) is 3.84. The van der Waals surface area contributed by atoms with Gasteiger partial charge < -0.3 is 10.6 Å². The lowest BCUT2D eigenvalue weighted by Gasteiger charge is -2.34. The number of nitro benzene ring substituents is 1. The second-order valence-corrected chi connectivity index (χ2v) is 7.55. The van der Waals surface area contributed by atoms with Crippen LogP contribution in [0.1, 0.15) is 37.7 Å². The van der Waals surface area contributed by atoms with E-state index in [1.165, 1.54) is 36.4 Å². The van der Waals surface area contributed by atoms with Crippen molar-refractivity contribution in [3.05, 3.63) is 92.6 Å². The van der Waals surface area contributed by atoms with Gasteiger partial charge in [-0.25, -0.2) is 4.39 Å². The Morgan fingerprint density at radius 2 is 1.97 bits per heavy atom. The summed E-state index contributed by atoms with van der Waals surface area (Å²) >= 11 is 0. The van der Waals surface area contributed by atoms with Crippen LogP contribution in [-0.2, 0) is 9.59 Å². The number of hydrogen-bond donors (Lipinski definition) is 2. The molecular weight excluding hydrogens is 401 g/mol. The predicted molar refractivity (Wildman–Crippen MR) is 113 cm³/mol. The van der Waals surface area contributed by atoms with Gasteiger partial charge in [0, 0.05) is 47.0 Å². The molecule has 1 amide bonds. The van der Waals surface area contributed by atoms with Gasteiger partial charge in [-0.3, -0.25) is 19.7 Å². The van der Waals surface area contributed by atoms with E-state index in [-0.39, 0.29) is 22.7 Å². The van der Waals surface area contributed by atoms with Crippen molar-refractivity contribution in [2.24, 2.45) is 0 Å². The summed E-state index contributed by atoms with van der Waals surface area (Å²) in [5.74, 6) is -2.04. The number of benzene rings is 2. The Labute approximate surface area is 177 Å². The van der Waals surface area contributed by atoms with Crippen LogP contribution in [0.4, 0.5) is 15.8 Å². The maximum Gasteiger partial charge on any atom is 0.269 e. The van der Waals surface area contributed by atoms with Crippen molar-refractivity contribution in [2.45, 2.75) is 32.1 Å². The molecule has 1 heterocycles. The van der Waals surface area contributed by atoms with Gasteiger partial charge in [0.25, 0.3) is 11.6 Å². The number of rotatable bonds is 4. The highest BCUT2D eigenvalue weighted by Gasteiger charge is 2.39. The Balaban J connectivity index is 1.83. The fraction of sp³-hybridized carbons (Fsp3) is 0.217. The van der Waals surface area contributed by atoms with Crippen LogP contribution in [0.15, 0.2) is 71.1 Å². The van der Waals surface area contributed by atoms with E-state index in [0.29, 0.717) is 36.1 Å². The number of anilines is 1. The van der Waals surface area contributed by atoms with Gasteiger partial charge in [0.05, 0.1) is 10.6 Å². The molecule has 2 N–H and O–H groups in total. The first-order valence-corrected chi connectivity index (χ1v) is 9.91. The fourth-order valence-corrected chi connectivity index (χ4v) is 4.19. The summed E-state index contributed by atoms with van der Waals surface area (Å²) in [6, 6.07) is 11.7. The van der Waals surface area contributed by atoms with Crippen molar-refractivity contribution in [3.63, 3.8) is 0 Å². The fourth-order valence-electron chi connectivity index (χ4n) is 4.19. The smallest absolute Gasteiger partial charge is 0.269 e. The molecule has 1 aliphatic carbocycles. The molecule has 158 valence electrons. The van der Waals surface area contributed by atoms with E-state index >= 15 is 0 Å². The zero-order chi connectivity index (χ0) is 22.1. The molecule has 2 aromatic carbocycles. The molecule has 0 bridgehead atoms. The number of hydrogen-bond acceptors (Lipinski definition) is 5. The predicted octanol–water partition coefficient (Wildman–Crippen LogP) is 4.34. The van der Waals surface area contributed by atoms with E-state index in [9.17, 15) is 24.1 Å². The third-order valence-electron chi connectivity index (χ3n) is 5.56. The molecule has 0 saturated heterocycles. The number of allylic oxidation sites excluding steroid dienone is 3. The highest BCUT2D eigenvalue weighted by Crippen LogP contribution is 2.43. The third-order valence-corrected chi connectivity index (χ3v) is 5.56. The van der Waals surface area contributed by atoms with Crippen LogP contribution in [0.25, 0.3) is 0 Å². The second kappa shape index (κ2) is 8.14. The summed E-state index contributed by atoms with van der Waals surface area (Å²) in [5, 5.41) is 17.1. The zero-order valence-electron chi connectivity index (χ0n) is 16.8. The maximum absolute atomic E-state index is 14.1. The van der Waals surface area contributed by atoms with Crippen molar-refractivity contribution in [3.8, 4) is 0 Å². The minimum atomic E-state index is -0.782. The largest absolute Gasteiger partial charge is 0.362 e. The van der Waals surface area contributed by atoms with E-state index in [4.69, 9.17) is 0 Å². The molecule has 2 aromatic rings. The molecule has 0 fully saturated rings. The molecule has 0 radical (unpaired) electrons. The van der Waals surface area contributed by atoms with Crippen molar-refractivity contribution in [1.29, 1.82) is 0 Å². The lowest BCUT2D eigenvalue weighted by molar-refractivity contribution is -0.384. The van der Waals surface area contributed by atoms with Gasteiger partial charge in [-0.2, -0.15) is 0 Å². The monoisotopic (exact) mass is 421 g/mol. The van der Waals surface area contributed by atoms with Crippen LogP contribution >= 0.6 is 0 Å². The number of ketones is 1. The molecule has 0 saturated carbocycles. The number of amides is 1. The molecule has 1 atom stereocenters. The number of para-hydroxylation sites is 1. The van der Waals surface area contributed by atoms with Gasteiger partial charge in [0.2, 0.25) is 0 Å². The maximum atomic E-state index is 14.1. The van der Waals surface area contributed by atoms with Crippen LogP contribution in [0.3, 0.4) is 0 Å². The number of nitro groups is 1. The lowest BCUT2D eigenvalue weighted by atomic mass is 9.75. The molecule has 8 heteroatoms. The number of non-ortho nitro benzene ring substituents is 1. The van der Waals surface area contributed by atoms with Crippen LogP contribution in [0.2, 0.25) is 0 Å². The highest BCUT2D eigenvalue weighted by atomic mass is 19.1. The Bertz CT molecular complexity index is 1170. The van der Waals surface area contributed by atoms with Crippen LogP contribution in [-0.4, -0.2) is 16.6 Å². The van der Waals surface area contributed by atoms with Gasteiger partial charge in [0.15, 0.2) is 5.78 Å². The SMILES string of the molecule is CC1=C(C(=O)Nc2ccccc2F)C(c2cccc([N+](=O)[O-])c2)C2=C(CCCC2=O)N1. The van der Waals surface area contributed by atoms with Gasteiger partial charge >= 0.3 is 0 Å². The minimum Gasteiger partial charge on any atom is -0.362 e. The standard InChI is InChI=1S/C23H20FN3O4/c1-13-20(23(29)26-17-9-3-2-8-16(17)24)21(14-6-4-7-15(12-14)27(30)31)22-18(25-13)10-5-11-19(22)28/h2-4,6-9,12,21,25H,5,10-11H2,1H3,(H,26,29). The molecule has 0 aromatic heterocycles. The minimum absolute atomic E-state index is 0.0142. The van der Waals surface area contributed by atoms with Gasteiger partial charge in [-0.05, 0) is 37.5 Å². The molecule has 2 aliphatic rings. The summed E-state index contributed by atoms with van der Waals surface area (Å²) < 4.78 is 14.1. The lowest BCUT2D eigenvalue weighted by Crippen LogP contribution is -2.35. The van der Waals surface area contributed by atoms with Gasteiger partial charge in [-0.1, -0.05) is 24.3 Å². The normalized spacial score (nSPS) is 18.4. The van der Waals surface area contributed by atoms with Gasteiger partial charge in [0.1, 0.15) is 5.82 Å². The average Bonchev–Trinajstić information content (AvgIpc) is 2.74. The Hall–Kier alpha value is -3.81. The number of nitrogens with one attached hydrogen (secondary N) is 2. The van der Waals surface area contributed by atoms with E-state index in [1.807, 2.05) is 0 Å². The Kier molecular flexibility index (Phi) is 5.37. The summed E-state index contributed by atoms with van der Waals surface area (Å²) in [7, 11) is 0. The van der Waals surface area contributed by atoms with Crippen molar-refractivity contribution < 1.29 is 18.9 Å². The topological polar surface area (TPSA) is 101 Å². The number of halogens is 1. The highest BCUT2D eigenvalue weighted by molar-refractivity contribution is 6.09. The number of dihydropyridines is 1. The van der Waals surface area contributed by atoms with Crippen molar-refractivity contribution >= 4 is 23.1 Å². The van der Waals surface area contributed by atoms with E-state index in [2.05, 4.69) is 10.6 Å². The first-order valence-electron chi connectivity index (χ1n) is 9.91. The summed E-state index contributed by atoms with van der Waals surface area (Å²) in [6.45, 7) is 1.71. The molecule has 31 heavy (non-hydrogen) atoms. The Morgan fingerprint density at radius 1 is 1.19 bits per heavy atom. The first kappa shape index (κ1) is 20.5. The molecule has 1 aliphatic heterocycles. The summed E-state index contributed by atoms with van der Waals surface area (Å²) in [5.41, 5.74) is 2.28. The molecular formula is C23H20FN3O4. The van der Waals surface area contributed by atoms with Crippen molar-refractivity contribution in [2.75, 3.05) is 5.32 Å². The number of carbonyl (C=O) groups is 2. The van der Waals surface area contributed by atoms with Crippen molar-refractivity contribution in [1.82, 2.24) is 5.32 Å². The quantitative estimate of drug-likeness (QED) is 0.565. The van der Waals surface area contributed by atoms with Crippen LogP contribution < -0.4 is 10.6 Å². The summed E-state index contributed by atoms with van der Waals surface area (Å²) in [4.78, 5) is 36.9. The second-order valence-electron chi connectivity index (χ2n) is 7.55. The van der Waals surface area contributed by atoms with E-state index in [1.54, 1.807) is 19.1 Å². The number of Topliss-reactive ketones (excluding diaryl/α,β-unsaturated/α-hetero) is 1. The van der Waals surface area contributed by atoms with Crippen LogP contribution in [0.5, 0.6) is 0 Å². The summed E-state index contributed by atoms with van der Waals surface area (Å²) in [6.07, 6.45) is 1.68. The first-order chi connectivity index (χ1) is 14.9. The molecule has 0 spiro atoms. The van der Waals surface area contributed by atoms with E-state index in [0.717, 1.165) is 5.70 Å². The Morgan fingerprint density at radius 3 is 2.71 bits per heavy atom.